The number of hydrogen-bond acceptors (Lipinski definition) is 2. The number of hydrogen-bond donors (Lipinski definition) is 2. The first-order valence-electron chi connectivity index (χ1n) is 8.49. The van der Waals surface area contributed by atoms with Crippen molar-refractivity contribution in [2.24, 2.45) is 4.99 Å². The van der Waals surface area contributed by atoms with Gasteiger partial charge in [-0.2, -0.15) is 0 Å². The maximum absolute atomic E-state index is 4.28. The predicted octanol–water partition coefficient (Wildman–Crippen LogP) is 2.53. The van der Waals surface area contributed by atoms with Crippen LogP contribution in [0.5, 0.6) is 0 Å². The van der Waals surface area contributed by atoms with E-state index in [1.807, 2.05) is 13.1 Å². The molecule has 0 aliphatic rings. The molecule has 0 saturated carbocycles. The summed E-state index contributed by atoms with van der Waals surface area (Å²) in [6, 6.07) is 21.0. The summed E-state index contributed by atoms with van der Waals surface area (Å²) in [6.07, 6.45) is 0.995. The highest BCUT2D eigenvalue weighted by atomic mass is 15.2. The van der Waals surface area contributed by atoms with Crippen molar-refractivity contribution >= 4 is 5.96 Å². The summed E-state index contributed by atoms with van der Waals surface area (Å²) in [6.45, 7) is 3.68. The number of likely N-dealkylation sites (N-methyl/N-ethyl adjacent to an activating group) is 1. The van der Waals surface area contributed by atoms with Gasteiger partial charge in [-0.1, -0.05) is 60.7 Å². The van der Waals surface area contributed by atoms with Crippen LogP contribution in [0, 0.1) is 0 Å². The molecule has 4 nitrogen and oxygen atoms in total. The molecule has 0 radical (unpaired) electrons. The number of rotatable bonds is 8. The third kappa shape index (κ3) is 6.84. The van der Waals surface area contributed by atoms with Crippen molar-refractivity contribution in [3.63, 3.8) is 0 Å². The lowest BCUT2D eigenvalue weighted by molar-refractivity contribution is 0.331. The standard InChI is InChI=1S/C20H28N4/c1-21-20(22-14-13-18-9-5-3-6-10-18)23-15-16-24(2)17-19-11-7-4-8-12-19/h3-12H,13-17H2,1-2H3,(H2,21,22,23). The van der Waals surface area contributed by atoms with Crippen molar-refractivity contribution in [3.05, 3.63) is 71.8 Å². The van der Waals surface area contributed by atoms with Gasteiger partial charge < -0.3 is 15.5 Å². The van der Waals surface area contributed by atoms with Crippen molar-refractivity contribution in [1.82, 2.24) is 15.5 Å². The molecule has 0 bridgehead atoms. The average molecular weight is 324 g/mol. The highest BCUT2D eigenvalue weighted by Gasteiger charge is 2.01. The fraction of sp³-hybridized carbons (Fsp3) is 0.350. The van der Waals surface area contributed by atoms with Crippen LogP contribution in [0.4, 0.5) is 0 Å². The molecule has 0 amide bonds. The Kier molecular flexibility index (Phi) is 7.84. The maximum Gasteiger partial charge on any atom is 0.191 e. The molecular weight excluding hydrogens is 296 g/mol. The minimum Gasteiger partial charge on any atom is -0.356 e. The third-order valence-corrected chi connectivity index (χ3v) is 3.85. The molecule has 128 valence electrons. The number of benzene rings is 2. The summed E-state index contributed by atoms with van der Waals surface area (Å²) in [4.78, 5) is 6.58. The molecule has 2 N–H and O–H groups in total. The molecule has 0 aromatic heterocycles. The van der Waals surface area contributed by atoms with E-state index in [2.05, 4.69) is 82.2 Å². The monoisotopic (exact) mass is 324 g/mol. The highest BCUT2D eigenvalue weighted by molar-refractivity contribution is 5.79. The van der Waals surface area contributed by atoms with E-state index in [1.54, 1.807) is 0 Å². The van der Waals surface area contributed by atoms with Gasteiger partial charge in [-0.3, -0.25) is 4.99 Å². The lowest BCUT2D eigenvalue weighted by Crippen LogP contribution is -2.41. The first kappa shape index (κ1) is 18.0. The van der Waals surface area contributed by atoms with Crippen molar-refractivity contribution in [2.45, 2.75) is 13.0 Å². The summed E-state index contributed by atoms with van der Waals surface area (Å²) >= 11 is 0. The van der Waals surface area contributed by atoms with Gasteiger partial charge in [-0.15, -0.1) is 0 Å². The smallest absolute Gasteiger partial charge is 0.191 e. The van der Waals surface area contributed by atoms with Crippen LogP contribution in [0.2, 0.25) is 0 Å². The lowest BCUT2D eigenvalue weighted by Gasteiger charge is -2.18. The summed E-state index contributed by atoms with van der Waals surface area (Å²) in [5.74, 6) is 0.860. The van der Waals surface area contributed by atoms with E-state index < -0.39 is 0 Å². The lowest BCUT2D eigenvalue weighted by atomic mass is 10.1. The SMILES string of the molecule is CN=C(NCCc1ccccc1)NCCN(C)Cc1ccccc1. The van der Waals surface area contributed by atoms with Gasteiger partial charge >= 0.3 is 0 Å². The van der Waals surface area contributed by atoms with Gasteiger partial charge in [0.25, 0.3) is 0 Å². The highest BCUT2D eigenvalue weighted by Crippen LogP contribution is 2.01. The Bertz CT molecular complexity index is 596. The Morgan fingerprint density at radius 1 is 0.875 bits per heavy atom. The second-order valence-corrected chi connectivity index (χ2v) is 5.88. The molecule has 2 rings (SSSR count). The quantitative estimate of drug-likeness (QED) is 0.579. The third-order valence-electron chi connectivity index (χ3n) is 3.85. The first-order valence-corrected chi connectivity index (χ1v) is 8.49. The molecule has 0 fully saturated rings. The van der Waals surface area contributed by atoms with E-state index in [0.29, 0.717) is 0 Å². The van der Waals surface area contributed by atoms with E-state index in [1.165, 1.54) is 11.1 Å². The molecule has 0 atom stereocenters. The largest absolute Gasteiger partial charge is 0.356 e. The second-order valence-electron chi connectivity index (χ2n) is 5.88. The van der Waals surface area contributed by atoms with Crippen LogP contribution in [0.15, 0.2) is 65.7 Å². The van der Waals surface area contributed by atoms with Crippen molar-refractivity contribution < 1.29 is 0 Å². The molecule has 0 spiro atoms. The van der Waals surface area contributed by atoms with Gasteiger partial charge in [0, 0.05) is 33.2 Å². The molecule has 2 aromatic carbocycles. The summed E-state index contributed by atoms with van der Waals surface area (Å²) < 4.78 is 0. The zero-order valence-corrected chi connectivity index (χ0v) is 14.7. The molecule has 2 aromatic rings. The Hall–Kier alpha value is -2.33. The summed E-state index contributed by atoms with van der Waals surface area (Å²) in [5, 5.41) is 6.73. The van der Waals surface area contributed by atoms with Crippen molar-refractivity contribution in [2.75, 3.05) is 33.7 Å². The van der Waals surface area contributed by atoms with Crippen LogP contribution in [0.3, 0.4) is 0 Å². The Balaban J connectivity index is 1.62. The molecular formula is C20H28N4. The van der Waals surface area contributed by atoms with Crippen LogP contribution in [0.1, 0.15) is 11.1 Å². The van der Waals surface area contributed by atoms with Crippen molar-refractivity contribution in [3.8, 4) is 0 Å². The van der Waals surface area contributed by atoms with Crippen LogP contribution < -0.4 is 10.6 Å². The predicted molar refractivity (Wildman–Crippen MR) is 102 cm³/mol. The van der Waals surface area contributed by atoms with Crippen LogP contribution in [0.25, 0.3) is 0 Å². The van der Waals surface area contributed by atoms with E-state index in [-0.39, 0.29) is 0 Å². The Labute approximate surface area is 145 Å². The number of nitrogens with one attached hydrogen (secondary N) is 2. The molecule has 0 aliphatic carbocycles. The summed E-state index contributed by atoms with van der Waals surface area (Å²) in [5.41, 5.74) is 2.67. The van der Waals surface area contributed by atoms with Gasteiger partial charge in [-0.05, 0) is 24.6 Å². The van der Waals surface area contributed by atoms with Gasteiger partial charge in [-0.25, -0.2) is 0 Å². The van der Waals surface area contributed by atoms with Gasteiger partial charge in [0.1, 0.15) is 0 Å². The number of guanidine groups is 1. The van der Waals surface area contributed by atoms with Crippen LogP contribution >= 0.6 is 0 Å². The van der Waals surface area contributed by atoms with Gasteiger partial charge in [0.15, 0.2) is 5.96 Å². The van der Waals surface area contributed by atoms with E-state index in [4.69, 9.17) is 0 Å². The van der Waals surface area contributed by atoms with Crippen LogP contribution in [-0.4, -0.2) is 44.6 Å². The van der Waals surface area contributed by atoms with E-state index >= 15 is 0 Å². The fourth-order valence-corrected chi connectivity index (χ4v) is 2.53. The molecule has 0 aliphatic heterocycles. The molecule has 0 heterocycles. The molecule has 0 saturated heterocycles. The Morgan fingerprint density at radius 3 is 2.08 bits per heavy atom. The normalized spacial score (nSPS) is 11.5. The average Bonchev–Trinajstić information content (AvgIpc) is 2.62. The number of nitrogens with zero attached hydrogens (tertiary/aromatic N) is 2. The second kappa shape index (κ2) is 10.4. The molecule has 4 heteroatoms. The van der Waals surface area contributed by atoms with Crippen molar-refractivity contribution in [1.29, 1.82) is 0 Å². The molecule has 24 heavy (non-hydrogen) atoms. The van der Waals surface area contributed by atoms with Gasteiger partial charge in [0.05, 0.1) is 0 Å². The molecule has 0 unspecified atom stereocenters. The van der Waals surface area contributed by atoms with Gasteiger partial charge in [0.2, 0.25) is 0 Å². The maximum atomic E-state index is 4.28. The number of aliphatic imine (C=N–C) groups is 1. The summed E-state index contributed by atoms with van der Waals surface area (Å²) in [7, 11) is 3.95. The minimum absolute atomic E-state index is 0.860. The van der Waals surface area contributed by atoms with E-state index in [0.717, 1.165) is 38.6 Å². The zero-order valence-electron chi connectivity index (χ0n) is 14.7. The van der Waals surface area contributed by atoms with Crippen LogP contribution in [-0.2, 0) is 13.0 Å². The topological polar surface area (TPSA) is 39.7 Å². The Morgan fingerprint density at radius 2 is 1.46 bits per heavy atom. The first-order chi connectivity index (χ1) is 11.8. The van der Waals surface area contributed by atoms with E-state index in [9.17, 15) is 0 Å². The minimum atomic E-state index is 0.860. The zero-order chi connectivity index (χ0) is 17.0. The fourth-order valence-electron chi connectivity index (χ4n) is 2.53.